The zero-order valence-electron chi connectivity index (χ0n) is 15.4. The van der Waals surface area contributed by atoms with Crippen LogP contribution in [-0.4, -0.2) is 51.5 Å². The fraction of sp³-hybridized carbons (Fsp3) is 0.474. The Labute approximate surface area is 173 Å². The molecule has 8 heteroatoms. The molecule has 1 fully saturated rings. The van der Waals surface area contributed by atoms with E-state index in [4.69, 9.17) is 23.2 Å². The van der Waals surface area contributed by atoms with Gasteiger partial charge in [-0.2, -0.15) is 4.37 Å². The molecular formula is C19H23Cl2N5S. The molecule has 2 aromatic heterocycles. The highest BCUT2D eigenvalue weighted by Crippen LogP contribution is 2.29. The fourth-order valence-corrected chi connectivity index (χ4v) is 4.92. The van der Waals surface area contributed by atoms with Crippen LogP contribution >= 0.6 is 34.7 Å². The van der Waals surface area contributed by atoms with E-state index in [1.54, 1.807) is 11.5 Å². The molecule has 27 heavy (non-hydrogen) atoms. The third kappa shape index (κ3) is 4.09. The summed E-state index contributed by atoms with van der Waals surface area (Å²) in [7, 11) is 0. The lowest BCUT2D eigenvalue weighted by Gasteiger charge is -2.35. The number of imidazole rings is 1. The van der Waals surface area contributed by atoms with Gasteiger partial charge < -0.3 is 9.47 Å². The molecule has 5 nitrogen and oxygen atoms in total. The van der Waals surface area contributed by atoms with E-state index in [2.05, 4.69) is 43.4 Å². The van der Waals surface area contributed by atoms with Crippen molar-refractivity contribution < 1.29 is 0 Å². The molecule has 1 aliphatic rings. The predicted molar refractivity (Wildman–Crippen MR) is 114 cm³/mol. The molecule has 3 aromatic rings. The number of halogens is 2. The average Bonchev–Trinajstić information content (AvgIpc) is 3.21. The van der Waals surface area contributed by atoms with Crippen molar-refractivity contribution in [2.24, 2.45) is 0 Å². The first-order valence-electron chi connectivity index (χ1n) is 9.33. The van der Waals surface area contributed by atoms with E-state index in [-0.39, 0.29) is 0 Å². The molecule has 0 saturated carbocycles. The van der Waals surface area contributed by atoms with Gasteiger partial charge in [-0.15, -0.1) is 0 Å². The second-order valence-electron chi connectivity index (χ2n) is 6.93. The van der Waals surface area contributed by atoms with Crippen molar-refractivity contribution in [2.45, 2.75) is 26.3 Å². The highest BCUT2D eigenvalue weighted by molar-refractivity contribution is 7.13. The summed E-state index contributed by atoms with van der Waals surface area (Å²) in [5.74, 6) is 2.03. The van der Waals surface area contributed by atoms with Gasteiger partial charge in [-0.3, -0.25) is 4.90 Å². The summed E-state index contributed by atoms with van der Waals surface area (Å²) >= 11 is 13.8. The van der Waals surface area contributed by atoms with Crippen LogP contribution in [0.4, 0.5) is 5.82 Å². The highest BCUT2D eigenvalue weighted by Gasteiger charge is 2.20. The smallest absolute Gasteiger partial charge is 0.166 e. The van der Waals surface area contributed by atoms with Crippen LogP contribution in [0.5, 0.6) is 0 Å². The molecule has 144 valence electrons. The largest absolute Gasteiger partial charge is 0.353 e. The maximum absolute atomic E-state index is 6.20. The number of rotatable bonds is 6. The normalized spacial score (nSPS) is 15.7. The number of piperazine rings is 1. The standard InChI is InChI=1S/C19H23Cl2N5S/c1-14-22-17(20)18(21)26(14)9-5-4-8-24-10-12-25(13-11-24)19-15-6-2-3-7-16(15)27-23-19/h2-3,6-7H,4-5,8-13H2,1H3. The minimum Gasteiger partial charge on any atom is -0.353 e. The molecule has 0 aliphatic carbocycles. The molecule has 0 amide bonds. The number of unbranched alkanes of at least 4 members (excludes halogenated alkanes) is 1. The van der Waals surface area contributed by atoms with Crippen molar-refractivity contribution in [2.75, 3.05) is 37.6 Å². The molecule has 1 aliphatic heterocycles. The summed E-state index contributed by atoms with van der Waals surface area (Å²) in [5, 5.41) is 2.24. The van der Waals surface area contributed by atoms with Gasteiger partial charge in [0.25, 0.3) is 0 Å². The van der Waals surface area contributed by atoms with Gasteiger partial charge in [-0.25, -0.2) is 4.98 Å². The summed E-state index contributed by atoms with van der Waals surface area (Å²) in [6, 6.07) is 8.50. The number of benzene rings is 1. The van der Waals surface area contributed by atoms with E-state index in [1.165, 1.54) is 10.1 Å². The Balaban J connectivity index is 1.24. The van der Waals surface area contributed by atoms with Gasteiger partial charge in [-0.05, 0) is 50.0 Å². The summed E-state index contributed by atoms with van der Waals surface area (Å²) in [6.07, 6.45) is 2.22. The predicted octanol–water partition coefficient (Wildman–Crippen LogP) is 4.71. The van der Waals surface area contributed by atoms with Gasteiger partial charge in [0.15, 0.2) is 5.15 Å². The Morgan fingerprint density at radius 1 is 1.04 bits per heavy atom. The van der Waals surface area contributed by atoms with E-state index < -0.39 is 0 Å². The number of hydrogen-bond acceptors (Lipinski definition) is 5. The Hall–Kier alpha value is -1.34. The van der Waals surface area contributed by atoms with Crippen LogP contribution in [0, 0.1) is 6.92 Å². The Morgan fingerprint density at radius 2 is 1.78 bits per heavy atom. The lowest BCUT2D eigenvalue weighted by Crippen LogP contribution is -2.46. The molecular weight excluding hydrogens is 401 g/mol. The van der Waals surface area contributed by atoms with Gasteiger partial charge in [0.2, 0.25) is 0 Å². The van der Waals surface area contributed by atoms with Crippen molar-refractivity contribution in [1.29, 1.82) is 0 Å². The quantitative estimate of drug-likeness (QED) is 0.537. The summed E-state index contributed by atoms with van der Waals surface area (Å²) in [6.45, 7) is 8.18. The van der Waals surface area contributed by atoms with Crippen LogP contribution in [0.15, 0.2) is 24.3 Å². The molecule has 0 radical (unpaired) electrons. The lowest BCUT2D eigenvalue weighted by molar-refractivity contribution is 0.251. The second-order valence-corrected chi connectivity index (χ2v) is 8.45. The molecule has 4 rings (SSSR count). The number of aryl methyl sites for hydroxylation is 1. The van der Waals surface area contributed by atoms with Gasteiger partial charge in [0, 0.05) is 38.1 Å². The van der Waals surface area contributed by atoms with Crippen LogP contribution in [0.3, 0.4) is 0 Å². The first kappa shape index (κ1) is 19.0. The first-order chi connectivity index (χ1) is 13.1. The maximum atomic E-state index is 6.20. The van der Waals surface area contributed by atoms with E-state index >= 15 is 0 Å². The van der Waals surface area contributed by atoms with Gasteiger partial charge in [0.1, 0.15) is 16.8 Å². The van der Waals surface area contributed by atoms with E-state index in [0.717, 1.165) is 63.8 Å². The van der Waals surface area contributed by atoms with Crippen molar-refractivity contribution in [3.63, 3.8) is 0 Å². The number of anilines is 1. The summed E-state index contributed by atoms with van der Waals surface area (Å²) < 4.78 is 7.95. The number of aromatic nitrogens is 3. The SMILES string of the molecule is Cc1nc(Cl)c(Cl)n1CCCCN1CCN(c2nsc3ccccc23)CC1. The third-order valence-corrected chi connectivity index (χ3v) is 6.75. The first-order valence-corrected chi connectivity index (χ1v) is 10.9. The molecule has 1 aromatic carbocycles. The molecule has 0 unspecified atom stereocenters. The van der Waals surface area contributed by atoms with Crippen molar-refractivity contribution >= 4 is 50.6 Å². The van der Waals surface area contributed by atoms with E-state index in [0.29, 0.717) is 10.3 Å². The summed E-state index contributed by atoms with van der Waals surface area (Å²) in [4.78, 5) is 9.17. The minimum atomic E-state index is 0.403. The zero-order valence-corrected chi connectivity index (χ0v) is 17.7. The minimum absolute atomic E-state index is 0.403. The van der Waals surface area contributed by atoms with Crippen molar-refractivity contribution in [1.82, 2.24) is 18.8 Å². The van der Waals surface area contributed by atoms with Gasteiger partial charge in [0.05, 0.1) is 4.70 Å². The average molecular weight is 424 g/mol. The van der Waals surface area contributed by atoms with Crippen LogP contribution in [-0.2, 0) is 6.54 Å². The topological polar surface area (TPSA) is 37.2 Å². The van der Waals surface area contributed by atoms with E-state index in [9.17, 15) is 0 Å². The lowest BCUT2D eigenvalue weighted by atomic mass is 10.2. The number of hydrogen-bond donors (Lipinski definition) is 0. The fourth-order valence-electron chi connectivity index (χ4n) is 3.65. The van der Waals surface area contributed by atoms with Gasteiger partial charge in [-0.1, -0.05) is 35.3 Å². The van der Waals surface area contributed by atoms with Crippen LogP contribution in [0.25, 0.3) is 10.1 Å². The molecule has 3 heterocycles. The second kappa shape index (κ2) is 8.35. The monoisotopic (exact) mass is 423 g/mol. The number of fused-ring (bicyclic) bond motifs is 1. The van der Waals surface area contributed by atoms with Crippen molar-refractivity contribution in [3.8, 4) is 0 Å². The van der Waals surface area contributed by atoms with Crippen LogP contribution in [0.1, 0.15) is 18.7 Å². The Morgan fingerprint density at radius 3 is 2.52 bits per heavy atom. The van der Waals surface area contributed by atoms with Crippen LogP contribution in [0.2, 0.25) is 10.3 Å². The third-order valence-electron chi connectivity index (χ3n) is 5.19. The molecule has 0 atom stereocenters. The summed E-state index contributed by atoms with van der Waals surface area (Å²) in [5.41, 5.74) is 0. The van der Waals surface area contributed by atoms with Crippen LogP contribution < -0.4 is 4.90 Å². The molecule has 0 N–H and O–H groups in total. The number of nitrogens with zero attached hydrogens (tertiary/aromatic N) is 5. The molecule has 0 spiro atoms. The Bertz CT molecular complexity index is 914. The van der Waals surface area contributed by atoms with Gasteiger partial charge >= 0.3 is 0 Å². The van der Waals surface area contributed by atoms with Crippen molar-refractivity contribution in [3.05, 3.63) is 40.4 Å². The molecule has 0 bridgehead atoms. The van der Waals surface area contributed by atoms with E-state index in [1.807, 2.05) is 11.5 Å². The zero-order chi connectivity index (χ0) is 18.8. The molecule has 1 saturated heterocycles. The highest BCUT2D eigenvalue weighted by atomic mass is 35.5. The Kier molecular flexibility index (Phi) is 5.88. The maximum Gasteiger partial charge on any atom is 0.166 e.